The fourth-order valence-electron chi connectivity index (χ4n) is 4.62. The van der Waals surface area contributed by atoms with Crippen molar-refractivity contribution in [3.63, 3.8) is 0 Å². The maximum atomic E-state index is 13.4. The molecular weight excluding hydrogens is 420 g/mol. The molecular formula is C25H30N4O2S. The van der Waals surface area contributed by atoms with E-state index in [0.29, 0.717) is 27.1 Å². The highest BCUT2D eigenvalue weighted by Gasteiger charge is 2.28. The molecule has 1 fully saturated rings. The molecule has 3 aromatic rings. The Bertz CT molecular complexity index is 1180. The molecule has 1 amide bonds. The fraction of sp³-hybridized carbons (Fsp3) is 0.440. The van der Waals surface area contributed by atoms with Crippen LogP contribution in [0.25, 0.3) is 10.6 Å². The Hall–Kier alpha value is -2.80. The lowest BCUT2D eigenvalue weighted by atomic mass is 9.81. The molecule has 1 atom stereocenters. The Labute approximate surface area is 192 Å². The van der Waals surface area contributed by atoms with Gasteiger partial charge in [-0.25, -0.2) is 9.67 Å². The van der Waals surface area contributed by atoms with E-state index in [9.17, 15) is 9.59 Å². The molecule has 0 aliphatic heterocycles. The molecule has 1 aromatic carbocycles. The number of hydrogen-bond donors (Lipinski definition) is 1. The van der Waals surface area contributed by atoms with Gasteiger partial charge >= 0.3 is 0 Å². The molecule has 1 aliphatic rings. The van der Waals surface area contributed by atoms with Crippen molar-refractivity contribution in [3.8, 4) is 10.6 Å². The van der Waals surface area contributed by atoms with Crippen molar-refractivity contribution in [2.24, 2.45) is 13.0 Å². The van der Waals surface area contributed by atoms with Crippen LogP contribution in [0.4, 0.5) is 0 Å². The van der Waals surface area contributed by atoms with Crippen LogP contribution in [0.3, 0.4) is 0 Å². The molecule has 0 saturated heterocycles. The first-order valence-corrected chi connectivity index (χ1v) is 12.1. The second kappa shape index (κ2) is 9.36. The van der Waals surface area contributed by atoms with Crippen molar-refractivity contribution in [2.45, 2.75) is 58.9 Å². The Kier molecular flexibility index (Phi) is 6.55. The Morgan fingerprint density at radius 3 is 2.47 bits per heavy atom. The smallest absolute Gasteiger partial charge is 0.277 e. The summed E-state index contributed by atoms with van der Waals surface area (Å²) in [6, 6.07) is 10.2. The number of hydrogen-bond acceptors (Lipinski definition) is 5. The van der Waals surface area contributed by atoms with Gasteiger partial charge in [0.05, 0.1) is 23.0 Å². The predicted octanol–water partition coefficient (Wildman–Crippen LogP) is 4.88. The fourth-order valence-corrected chi connectivity index (χ4v) is 5.69. The number of amides is 1. The molecule has 2 heterocycles. The van der Waals surface area contributed by atoms with Crippen LogP contribution >= 0.6 is 11.3 Å². The minimum absolute atomic E-state index is 0.0216. The van der Waals surface area contributed by atoms with Crippen molar-refractivity contribution in [2.75, 3.05) is 0 Å². The number of carbonyl (C=O) groups excluding carboxylic acids is 1. The Morgan fingerprint density at radius 1 is 1.09 bits per heavy atom. The molecule has 1 aliphatic carbocycles. The maximum Gasteiger partial charge on any atom is 0.277 e. The third kappa shape index (κ3) is 4.39. The summed E-state index contributed by atoms with van der Waals surface area (Å²) in [6.45, 7) is 5.59. The van der Waals surface area contributed by atoms with Gasteiger partial charge in [0.1, 0.15) is 9.88 Å². The predicted molar refractivity (Wildman–Crippen MR) is 128 cm³/mol. The lowest BCUT2D eigenvalue weighted by Gasteiger charge is -2.31. The number of rotatable bonds is 5. The first-order chi connectivity index (χ1) is 15.4. The van der Waals surface area contributed by atoms with E-state index in [2.05, 4.69) is 27.5 Å². The normalized spacial score (nSPS) is 15.5. The van der Waals surface area contributed by atoms with Crippen LogP contribution in [-0.4, -0.2) is 20.7 Å². The summed E-state index contributed by atoms with van der Waals surface area (Å²) >= 11 is 1.29. The zero-order chi connectivity index (χ0) is 22.8. The first-order valence-electron chi connectivity index (χ1n) is 11.2. The van der Waals surface area contributed by atoms with Gasteiger partial charge in [-0.1, -0.05) is 49.6 Å². The minimum atomic E-state index is -0.196. The molecule has 7 heteroatoms. The minimum Gasteiger partial charge on any atom is -0.344 e. The lowest BCUT2D eigenvalue weighted by molar-refractivity contribution is 0.0916. The van der Waals surface area contributed by atoms with Crippen LogP contribution in [0.5, 0.6) is 0 Å². The van der Waals surface area contributed by atoms with Crippen LogP contribution in [0.1, 0.15) is 70.3 Å². The van der Waals surface area contributed by atoms with Crippen molar-refractivity contribution < 1.29 is 4.79 Å². The molecule has 1 unspecified atom stereocenters. The number of aryl methyl sites for hydroxylation is 3. The second-order valence-electron chi connectivity index (χ2n) is 8.71. The van der Waals surface area contributed by atoms with Gasteiger partial charge in [0.2, 0.25) is 0 Å². The second-order valence-corrected chi connectivity index (χ2v) is 9.71. The van der Waals surface area contributed by atoms with Crippen LogP contribution in [-0.2, 0) is 7.05 Å². The third-order valence-corrected chi connectivity index (χ3v) is 7.68. The number of thiazole rings is 1. The molecule has 0 spiro atoms. The van der Waals surface area contributed by atoms with Crippen LogP contribution in [0.15, 0.2) is 35.1 Å². The molecule has 4 rings (SSSR count). The van der Waals surface area contributed by atoms with E-state index in [-0.39, 0.29) is 17.5 Å². The van der Waals surface area contributed by atoms with E-state index in [1.165, 1.54) is 35.3 Å². The Balaban J connectivity index is 1.67. The van der Waals surface area contributed by atoms with Gasteiger partial charge in [0, 0.05) is 7.05 Å². The van der Waals surface area contributed by atoms with E-state index < -0.39 is 0 Å². The molecule has 1 saturated carbocycles. The van der Waals surface area contributed by atoms with Gasteiger partial charge in [-0.15, -0.1) is 11.3 Å². The summed E-state index contributed by atoms with van der Waals surface area (Å²) in [5, 5.41) is 8.14. The molecule has 0 radical (unpaired) electrons. The third-order valence-electron chi connectivity index (χ3n) is 6.51. The number of nitrogens with one attached hydrogen (secondary N) is 1. The number of benzene rings is 1. The van der Waals surface area contributed by atoms with Crippen molar-refractivity contribution in [3.05, 3.63) is 68.1 Å². The number of carbonyl (C=O) groups is 1. The average Bonchev–Trinajstić information content (AvgIpc) is 3.18. The highest BCUT2D eigenvalue weighted by molar-refractivity contribution is 7.17. The van der Waals surface area contributed by atoms with Crippen molar-refractivity contribution in [1.29, 1.82) is 0 Å². The summed E-state index contributed by atoms with van der Waals surface area (Å²) < 4.78 is 1.34. The van der Waals surface area contributed by atoms with E-state index in [0.717, 1.165) is 29.7 Å². The van der Waals surface area contributed by atoms with Gasteiger partial charge < -0.3 is 5.32 Å². The van der Waals surface area contributed by atoms with E-state index >= 15 is 0 Å². The monoisotopic (exact) mass is 450 g/mol. The zero-order valence-corrected chi connectivity index (χ0v) is 20.0. The van der Waals surface area contributed by atoms with Crippen molar-refractivity contribution >= 4 is 17.2 Å². The van der Waals surface area contributed by atoms with E-state index in [1.807, 2.05) is 39.0 Å². The number of aromatic nitrogens is 3. The summed E-state index contributed by atoms with van der Waals surface area (Å²) in [7, 11) is 1.64. The van der Waals surface area contributed by atoms with Gasteiger partial charge in [-0.05, 0) is 50.7 Å². The quantitative estimate of drug-likeness (QED) is 0.601. The standard InChI is InChI=1S/C25H30N4O2S/c1-15-16(2)28-29(4)25(31)20(15)24-26-17(3)22(32-24)23(30)27-21(18-11-7-5-8-12-18)19-13-9-6-10-14-19/h5,7-8,11-12,19,21H,6,9-10,13-14H2,1-4H3,(H,27,30). The van der Waals surface area contributed by atoms with Gasteiger partial charge in [0.25, 0.3) is 11.5 Å². The number of nitrogens with zero attached hydrogens (tertiary/aromatic N) is 3. The van der Waals surface area contributed by atoms with Gasteiger partial charge in [0.15, 0.2) is 0 Å². The molecule has 0 bridgehead atoms. The molecule has 1 N–H and O–H groups in total. The van der Waals surface area contributed by atoms with E-state index in [4.69, 9.17) is 0 Å². The highest BCUT2D eigenvalue weighted by Crippen LogP contribution is 2.35. The van der Waals surface area contributed by atoms with Crippen molar-refractivity contribution in [1.82, 2.24) is 20.1 Å². The van der Waals surface area contributed by atoms with Crippen LogP contribution in [0, 0.1) is 26.7 Å². The summed E-state index contributed by atoms with van der Waals surface area (Å²) in [5.74, 6) is 0.311. The lowest BCUT2D eigenvalue weighted by Crippen LogP contribution is -2.34. The average molecular weight is 451 g/mol. The topological polar surface area (TPSA) is 76.9 Å². The molecule has 168 valence electrons. The van der Waals surface area contributed by atoms with E-state index in [1.54, 1.807) is 7.05 Å². The Morgan fingerprint density at radius 2 is 1.78 bits per heavy atom. The summed E-state index contributed by atoms with van der Waals surface area (Å²) in [6.07, 6.45) is 5.93. The van der Waals surface area contributed by atoms with Crippen LogP contribution in [0.2, 0.25) is 0 Å². The SMILES string of the molecule is Cc1nc(-c2c(C)c(C)nn(C)c2=O)sc1C(=O)NC(c1ccccc1)C1CCCCC1. The summed E-state index contributed by atoms with van der Waals surface area (Å²) in [5.41, 5.74) is 3.70. The van der Waals surface area contributed by atoms with Crippen LogP contribution < -0.4 is 10.9 Å². The van der Waals surface area contributed by atoms with Gasteiger partial charge in [-0.3, -0.25) is 9.59 Å². The summed E-state index contributed by atoms with van der Waals surface area (Å²) in [4.78, 5) is 31.4. The maximum absolute atomic E-state index is 13.4. The highest BCUT2D eigenvalue weighted by atomic mass is 32.1. The molecule has 2 aromatic heterocycles. The molecule has 6 nitrogen and oxygen atoms in total. The molecule has 32 heavy (non-hydrogen) atoms. The zero-order valence-electron chi connectivity index (χ0n) is 19.1. The van der Waals surface area contributed by atoms with Gasteiger partial charge in [-0.2, -0.15) is 5.10 Å². The largest absolute Gasteiger partial charge is 0.344 e. The first kappa shape index (κ1) is 22.4.